The molecule has 1 amide bonds. The summed E-state index contributed by atoms with van der Waals surface area (Å²) in [6.07, 6.45) is 0. The molecule has 0 aliphatic rings. The molecule has 25 heavy (non-hydrogen) atoms. The first-order valence-corrected chi connectivity index (χ1v) is 9.28. The minimum Gasteiger partial charge on any atom is -0.459 e. The number of amides is 1. The van der Waals surface area contributed by atoms with Crippen LogP contribution in [0.1, 0.15) is 38.3 Å². The fourth-order valence-corrected chi connectivity index (χ4v) is 3.73. The molecule has 1 atom stereocenters. The first-order chi connectivity index (χ1) is 12.0. The highest BCUT2D eigenvalue weighted by Gasteiger charge is 2.19. The molecule has 6 heteroatoms. The Hall–Kier alpha value is -2.18. The summed E-state index contributed by atoms with van der Waals surface area (Å²) in [5, 5.41) is 3.89. The number of fused-ring (bicyclic) bond motifs is 1. The maximum atomic E-state index is 11.7. The lowest BCUT2D eigenvalue weighted by Gasteiger charge is -2.22. The summed E-state index contributed by atoms with van der Waals surface area (Å²) in [6.45, 7) is 6.98. The van der Waals surface area contributed by atoms with E-state index in [2.05, 4.69) is 36.0 Å². The van der Waals surface area contributed by atoms with Crippen molar-refractivity contribution < 1.29 is 9.21 Å². The summed E-state index contributed by atoms with van der Waals surface area (Å²) in [7, 11) is 2.05. The molecule has 0 fully saturated rings. The smallest absolute Gasteiger partial charge is 0.225 e. The van der Waals surface area contributed by atoms with Crippen LogP contribution in [0.3, 0.4) is 0 Å². The van der Waals surface area contributed by atoms with Gasteiger partial charge in [-0.3, -0.25) is 14.6 Å². The van der Waals surface area contributed by atoms with Gasteiger partial charge in [0.05, 0.1) is 11.7 Å². The molecule has 0 radical (unpaired) electrons. The van der Waals surface area contributed by atoms with Crippen molar-refractivity contribution in [3.05, 3.63) is 47.2 Å². The fraction of sp³-hybridized carbons (Fsp3) is 0.368. The van der Waals surface area contributed by atoms with E-state index in [1.165, 1.54) is 11.3 Å². The Balaban J connectivity index is 1.72. The van der Waals surface area contributed by atoms with Crippen LogP contribution in [0.2, 0.25) is 0 Å². The van der Waals surface area contributed by atoms with Gasteiger partial charge in [-0.1, -0.05) is 18.2 Å². The molecular formula is C19H23N3O2S. The largest absolute Gasteiger partial charge is 0.459 e. The zero-order valence-corrected chi connectivity index (χ0v) is 15.8. The van der Waals surface area contributed by atoms with E-state index in [9.17, 15) is 4.79 Å². The summed E-state index contributed by atoms with van der Waals surface area (Å²) in [4.78, 5) is 20.2. The summed E-state index contributed by atoms with van der Waals surface area (Å²) in [6, 6.07) is 10.3. The van der Waals surface area contributed by atoms with Gasteiger partial charge in [-0.15, -0.1) is 11.3 Å². The van der Waals surface area contributed by atoms with E-state index < -0.39 is 0 Å². The third-order valence-corrected chi connectivity index (χ3v) is 5.31. The minimum absolute atomic E-state index is 0.0207. The van der Waals surface area contributed by atoms with Crippen molar-refractivity contribution in [1.82, 2.24) is 9.88 Å². The highest BCUT2D eigenvalue weighted by Crippen LogP contribution is 2.28. The van der Waals surface area contributed by atoms with E-state index in [0.29, 0.717) is 13.1 Å². The van der Waals surface area contributed by atoms with Crippen LogP contribution in [0.5, 0.6) is 0 Å². The second-order valence-corrected chi connectivity index (χ2v) is 7.00. The molecule has 0 aliphatic heterocycles. The van der Waals surface area contributed by atoms with Crippen molar-refractivity contribution in [2.24, 2.45) is 0 Å². The van der Waals surface area contributed by atoms with Gasteiger partial charge in [0.15, 0.2) is 5.13 Å². The van der Waals surface area contributed by atoms with Crippen molar-refractivity contribution in [2.45, 2.75) is 33.4 Å². The van der Waals surface area contributed by atoms with Crippen LogP contribution in [0.4, 0.5) is 5.13 Å². The lowest BCUT2D eigenvalue weighted by molar-refractivity contribution is -0.116. The zero-order valence-electron chi connectivity index (χ0n) is 15.0. The monoisotopic (exact) mass is 357 g/mol. The van der Waals surface area contributed by atoms with Crippen LogP contribution < -0.4 is 4.90 Å². The Morgan fingerprint density at radius 1 is 1.36 bits per heavy atom. The molecule has 5 nitrogen and oxygen atoms in total. The van der Waals surface area contributed by atoms with E-state index in [1.807, 2.05) is 30.5 Å². The van der Waals surface area contributed by atoms with Crippen molar-refractivity contribution in [3.8, 4) is 0 Å². The van der Waals surface area contributed by atoms with Gasteiger partial charge >= 0.3 is 0 Å². The number of hydrogen-bond acceptors (Lipinski definition) is 5. The van der Waals surface area contributed by atoms with E-state index in [4.69, 9.17) is 4.42 Å². The third kappa shape index (κ3) is 3.75. The number of furan rings is 1. The average Bonchev–Trinajstić information content (AvgIpc) is 3.21. The van der Waals surface area contributed by atoms with Crippen LogP contribution in [0, 0.1) is 0 Å². The summed E-state index contributed by atoms with van der Waals surface area (Å²) < 4.78 is 5.97. The lowest BCUT2D eigenvalue weighted by Crippen LogP contribution is -2.28. The third-order valence-electron chi connectivity index (χ3n) is 4.40. The highest BCUT2D eigenvalue weighted by molar-refractivity contribution is 7.14. The van der Waals surface area contributed by atoms with Gasteiger partial charge < -0.3 is 4.42 Å². The second kappa shape index (κ2) is 7.37. The van der Waals surface area contributed by atoms with Gasteiger partial charge in [-0.2, -0.15) is 0 Å². The Kier molecular flexibility index (Phi) is 5.20. The molecule has 0 aliphatic carbocycles. The number of nitrogens with zero attached hydrogens (tertiary/aromatic N) is 3. The highest BCUT2D eigenvalue weighted by atomic mass is 32.1. The van der Waals surface area contributed by atoms with Crippen LogP contribution in [0.15, 0.2) is 40.1 Å². The molecule has 0 saturated carbocycles. The van der Waals surface area contributed by atoms with Gasteiger partial charge in [-0.05, 0) is 33.0 Å². The van der Waals surface area contributed by atoms with E-state index in [-0.39, 0.29) is 11.9 Å². The van der Waals surface area contributed by atoms with Gasteiger partial charge in [0.2, 0.25) is 5.91 Å². The predicted octanol–water partition coefficient (Wildman–Crippen LogP) is 4.46. The molecule has 0 N–H and O–H groups in total. The van der Waals surface area contributed by atoms with Crippen molar-refractivity contribution in [2.75, 3.05) is 18.5 Å². The normalized spacial score (nSPS) is 12.7. The number of benzene rings is 1. The summed E-state index contributed by atoms with van der Waals surface area (Å²) >= 11 is 1.51. The average molecular weight is 357 g/mol. The van der Waals surface area contributed by atoms with Crippen LogP contribution in [0.25, 0.3) is 11.0 Å². The fourth-order valence-electron chi connectivity index (χ4n) is 2.80. The molecule has 0 bridgehead atoms. The number of hydrogen-bond donors (Lipinski definition) is 0. The lowest BCUT2D eigenvalue weighted by atomic mass is 10.2. The number of para-hydroxylation sites is 1. The van der Waals surface area contributed by atoms with Gasteiger partial charge in [0, 0.05) is 30.8 Å². The first kappa shape index (κ1) is 17.6. The second-order valence-electron chi connectivity index (χ2n) is 6.16. The van der Waals surface area contributed by atoms with Crippen molar-refractivity contribution >= 4 is 33.3 Å². The predicted molar refractivity (Wildman–Crippen MR) is 102 cm³/mol. The quantitative estimate of drug-likeness (QED) is 0.654. The molecule has 2 heterocycles. The Morgan fingerprint density at radius 3 is 2.80 bits per heavy atom. The van der Waals surface area contributed by atoms with E-state index in [0.717, 1.165) is 27.6 Å². The first-order valence-electron chi connectivity index (χ1n) is 8.40. The molecule has 0 spiro atoms. The van der Waals surface area contributed by atoms with Crippen molar-refractivity contribution in [1.29, 1.82) is 0 Å². The van der Waals surface area contributed by atoms with Gasteiger partial charge in [-0.25, -0.2) is 4.98 Å². The number of carbonyl (C=O) groups excluding carboxylic acids is 1. The summed E-state index contributed by atoms with van der Waals surface area (Å²) in [5.41, 5.74) is 1.87. The molecule has 132 valence electrons. The molecule has 2 aromatic heterocycles. The van der Waals surface area contributed by atoms with Gasteiger partial charge in [0.1, 0.15) is 11.3 Å². The standard InChI is InChI=1S/C19H23N3O2S/c1-5-22(14(3)23)19-20-16(12-25-19)11-21(4)13(2)18-10-15-8-6-7-9-17(15)24-18/h6-10,12-13H,5,11H2,1-4H3. The maximum Gasteiger partial charge on any atom is 0.225 e. The minimum atomic E-state index is 0.0207. The van der Waals surface area contributed by atoms with E-state index >= 15 is 0 Å². The SMILES string of the molecule is CCN(C(C)=O)c1nc(CN(C)C(C)c2cc3ccccc3o2)cs1. The number of aromatic nitrogens is 1. The maximum absolute atomic E-state index is 11.7. The Bertz CT molecular complexity index is 837. The van der Waals surface area contributed by atoms with Gasteiger partial charge in [0.25, 0.3) is 0 Å². The Morgan fingerprint density at radius 2 is 2.12 bits per heavy atom. The Labute approximate surface area is 151 Å². The molecule has 3 aromatic rings. The van der Waals surface area contributed by atoms with Crippen molar-refractivity contribution in [3.63, 3.8) is 0 Å². The van der Waals surface area contributed by atoms with Crippen LogP contribution >= 0.6 is 11.3 Å². The van der Waals surface area contributed by atoms with E-state index in [1.54, 1.807) is 11.8 Å². The molecule has 0 saturated heterocycles. The van der Waals surface area contributed by atoms with Crippen LogP contribution in [-0.4, -0.2) is 29.4 Å². The molecule has 3 rings (SSSR count). The number of rotatable bonds is 6. The summed E-state index contributed by atoms with van der Waals surface area (Å²) in [5.74, 6) is 0.963. The number of anilines is 1. The topological polar surface area (TPSA) is 49.6 Å². The molecular weight excluding hydrogens is 334 g/mol. The number of carbonyl (C=O) groups is 1. The zero-order chi connectivity index (χ0) is 18.0. The van der Waals surface area contributed by atoms with Crippen LogP contribution in [-0.2, 0) is 11.3 Å². The molecule has 1 aromatic carbocycles. The molecule has 1 unspecified atom stereocenters. The number of thiazole rings is 1.